The summed E-state index contributed by atoms with van der Waals surface area (Å²) in [5.41, 5.74) is 9.00. The highest BCUT2D eigenvalue weighted by Gasteiger charge is 2.36. The molecule has 41 heavy (non-hydrogen) atoms. The summed E-state index contributed by atoms with van der Waals surface area (Å²) in [7, 11) is 1.60. The zero-order valence-corrected chi connectivity index (χ0v) is 24.3. The minimum absolute atomic E-state index is 0. The summed E-state index contributed by atoms with van der Waals surface area (Å²) < 4.78 is 5.28. The first-order valence-corrected chi connectivity index (χ1v) is 14.2. The predicted octanol–water partition coefficient (Wildman–Crippen LogP) is 5.93. The molecule has 5 rings (SSSR count). The Bertz CT molecular complexity index is 1480. The SMILES string of the molecule is COc1ccc(N2Cc3cnc(N(C(=O)[C@@H](N)CCSC)c4ccccc4)nc3N(c3ccccc3)C2=O)cc1.Cl. The average Bonchev–Trinajstić information content (AvgIpc) is 3.00. The van der Waals surface area contributed by atoms with Gasteiger partial charge in [-0.2, -0.15) is 16.7 Å². The van der Waals surface area contributed by atoms with Crippen LogP contribution in [0.25, 0.3) is 0 Å². The van der Waals surface area contributed by atoms with Gasteiger partial charge >= 0.3 is 6.03 Å². The number of carbonyl (C=O) groups excluding carboxylic acids is 2. The number of fused-ring (bicyclic) bond motifs is 1. The van der Waals surface area contributed by atoms with E-state index in [-0.39, 0.29) is 36.8 Å². The number of rotatable bonds is 9. The van der Waals surface area contributed by atoms with E-state index in [1.807, 2.05) is 91.2 Å². The molecule has 0 saturated carbocycles. The number of nitrogens with two attached hydrogens (primary N) is 1. The van der Waals surface area contributed by atoms with Crippen LogP contribution in [0.3, 0.4) is 0 Å². The Kier molecular flexibility index (Phi) is 9.82. The molecule has 0 saturated heterocycles. The van der Waals surface area contributed by atoms with Crippen molar-refractivity contribution in [3.63, 3.8) is 0 Å². The van der Waals surface area contributed by atoms with Crippen molar-refractivity contribution in [1.29, 1.82) is 0 Å². The maximum Gasteiger partial charge on any atom is 0.335 e. The Morgan fingerprint density at radius 3 is 2.32 bits per heavy atom. The molecule has 3 amide bonds. The normalized spacial score (nSPS) is 13.2. The van der Waals surface area contributed by atoms with Crippen LogP contribution < -0.4 is 25.2 Å². The molecule has 0 unspecified atom stereocenters. The lowest BCUT2D eigenvalue weighted by Crippen LogP contribution is -2.46. The van der Waals surface area contributed by atoms with E-state index in [1.54, 1.807) is 34.9 Å². The zero-order valence-electron chi connectivity index (χ0n) is 22.7. The van der Waals surface area contributed by atoms with Crippen LogP contribution in [-0.4, -0.2) is 47.1 Å². The van der Waals surface area contributed by atoms with Crippen LogP contribution >= 0.6 is 24.2 Å². The first-order valence-electron chi connectivity index (χ1n) is 12.8. The predicted molar refractivity (Wildman–Crippen MR) is 167 cm³/mol. The molecule has 0 bridgehead atoms. The number of para-hydroxylation sites is 2. The highest BCUT2D eigenvalue weighted by molar-refractivity contribution is 7.98. The second kappa shape index (κ2) is 13.5. The number of halogens is 1. The lowest BCUT2D eigenvalue weighted by Gasteiger charge is -2.36. The number of thioether (sulfide) groups is 1. The van der Waals surface area contributed by atoms with Gasteiger partial charge in [-0.15, -0.1) is 12.4 Å². The molecule has 4 aromatic rings. The number of benzene rings is 3. The lowest BCUT2D eigenvalue weighted by atomic mass is 10.1. The van der Waals surface area contributed by atoms with Gasteiger partial charge in [-0.3, -0.25) is 9.69 Å². The molecule has 9 nitrogen and oxygen atoms in total. The number of nitrogens with zero attached hydrogens (tertiary/aromatic N) is 5. The molecule has 2 heterocycles. The topological polar surface area (TPSA) is 105 Å². The first kappa shape index (κ1) is 29.9. The highest BCUT2D eigenvalue weighted by atomic mass is 35.5. The molecule has 1 aliphatic rings. The molecular weight excluding hydrogens is 560 g/mol. The third-order valence-electron chi connectivity index (χ3n) is 6.57. The van der Waals surface area contributed by atoms with E-state index in [2.05, 4.69) is 4.98 Å². The van der Waals surface area contributed by atoms with Crippen molar-refractivity contribution in [2.75, 3.05) is 33.8 Å². The van der Waals surface area contributed by atoms with Gasteiger partial charge < -0.3 is 10.5 Å². The van der Waals surface area contributed by atoms with Crippen molar-refractivity contribution in [1.82, 2.24) is 9.97 Å². The molecule has 1 aliphatic heterocycles. The van der Waals surface area contributed by atoms with Crippen LogP contribution in [0.15, 0.2) is 91.1 Å². The van der Waals surface area contributed by atoms with Crippen molar-refractivity contribution < 1.29 is 14.3 Å². The third-order valence-corrected chi connectivity index (χ3v) is 7.22. The van der Waals surface area contributed by atoms with Crippen LogP contribution in [0.5, 0.6) is 5.75 Å². The van der Waals surface area contributed by atoms with Gasteiger partial charge in [-0.1, -0.05) is 36.4 Å². The Labute approximate surface area is 249 Å². The molecule has 2 N–H and O–H groups in total. The number of anilines is 5. The van der Waals surface area contributed by atoms with Crippen LogP contribution in [0, 0.1) is 0 Å². The highest BCUT2D eigenvalue weighted by Crippen LogP contribution is 2.37. The van der Waals surface area contributed by atoms with Gasteiger partial charge in [0, 0.05) is 17.4 Å². The number of hydrogen-bond acceptors (Lipinski definition) is 7. The molecule has 0 spiro atoms. The van der Waals surface area contributed by atoms with Crippen molar-refractivity contribution in [3.05, 3.63) is 96.7 Å². The van der Waals surface area contributed by atoms with Gasteiger partial charge in [-0.25, -0.2) is 19.6 Å². The minimum atomic E-state index is -0.732. The van der Waals surface area contributed by atoms with Crippen LogP contribution in [0.1, 0.15) is 12.0 Å². The molecule has 212 valence electrons. The van der Waals surface area contributed by atoms with Crippen molar-refractivity contribution >= 4 is 64.9 Å². The Balaban J connectivity index is 0.00000387. The summed E-state index contributed by atoms with van der Waals surface area (Å²) in [6, 6.07) is 24.8. The molecule has 1 aromatic heterocycles. The summed E-state index contributed by atoms with van der Waals surface area (Å²) in [4.78, 5) is 41.7. The number of aromatic nitrogens is 2. The summed E-state index contributed by atoms with van der Waals surface area (Å²) in [6.07, 6.45) is 4.16. The molecular formula is C30H31ClN6O3S. The number of ether oxygens (including phenoxy) is 1. The van der Waals surface area contributed by atoms with Crippen LogP contribution in [-0.2, 0) is 11.3 Å². The second-order valence-corrected chi connectivity index (χ2v) is 10.1. The fraction of sp³-hybridized carbons (Fsp3) is 0.200. The van der Waals surface area contributed by atoms with Crippen molar-refractivity contribution in [2.24, 2.45) is 5.73 Å². The van der Waals surface area contributed by atoms with E-state index in [4.69, 9.17) is 15.5 Å². The van der Waals surface area contributed by atoms with E-state index in [1.165, 1.54) is 4.90 Å². The maximum absolute atomic E-state index is 14.0. The molecule has 1 atom stereocenters. The molecule has 0 radical (unpaired) electrons. The van der Waals surface area contributed by atoms with Gasteiger partial charge in [0.1, 0.15) is 5.75 Å². The molecule has 3 aromatic carbocycles. The number of methoxy groups -OCH3 is 1. The molecule has 11 heteroatoms. The Morgan fingerprint density at radius 2 is 1.68 bits per heavy atom. The third kappa shape index (κ3) is 6.30. The fourth-order valence-electron chi connectivity index (χ4n) is 4.48. The van der Waals surface area contributed by atoms with E-state index in [9.17, 15) is 9.59 Å². The monoisotopic (exact) mass is 590 g/mol. The first-order chi connectivity index (χ1) is 19.5. The summed E-state index contributed by atoms with van der Waals surface area (Å²) in [6.45, 7) is 0.261. The smallest absolute Gasteiger partial charge is 0.335 e. The van der Waals surface area contributed by atoms with E-state index >= 15 is 0 Å². The van der Waals surface area contributed by atoms with Gasteiger partial charge in [0.15, 0.2) is 5.82 Å². The molecule has 0 fully saturated rings. The summed E-state index contributed by atoms with van der Waals surface area (Å²) >= 11 is 1.63. The number of amides is 3. The van der Waals surface area contributed by atoms with Crippen LogP contribution in [0.2, 0.25) is 0 Å². The van der Waals surface area contributed by atoms with Gasteiger partial charge in [0.25, 0.3) is 5.91 Å². The maximum atomic E-state index is 14.0. The zero-order chi connectivity index (χ0) is 28.1. The van der Waals surface area contributed by atoms with Crippen molar-refractivity contribution in [2.45, 2.75) is 19.0 Å². The largest absolute Gasteiger partial charge is 0.497 e. The van der Waals surface area contributed by atoms with Gasteiger partial charge in [-0.05, 0) is 67.0 Å². The van der Waals surface area contributed by atoms with E-state index < -0.39 is 6.04 Å². The van der Waals surface area contributed by atoms with Crippen LogP contribution in [0.4, 0.5) is 33.6 Å². The summed E-state index contributed by atoms with van der Waals surface area (Å²) in [5, 5.41) is 0. The summed E-state index contributed by atoms with van der Waals surface area (Å²) in [5.74, 6) is 1.70. The van der Waals surface area contributed by atoms with Gasteiger partial charge in [0.2, 0.25) is 5.95 Å². The second-order valence-electron chi connectivity index (χ2n) is 9.15. The van der Waals surface area contributed by atoms with E-state index in [0.717, 1.165) is 11.3 Å². The van der Waals surface area contributed by atoms with Gasteiger partial charge in [0.05, 0.1) is 31.1 Å². The van der Waals surface area contributed by atoms with Crippen molar-refractivity contribution in [3.8, 4) is 5.75 Å². The quantitative estimate of drug-likeness (QED) is 0.257. The minimum Gasteiger partial charge on any atom is -0.497 e. The average molecular weight is 591 g/mol. The molecule has 0 aliphatic carbocycles. The Morgan fingerprint density at radius 1 is 1.02 bits per heavy atom. The number of urea groups is 1. The number of hydrogen-bond donors (Lipinski definition) is 1. The van der Waals surface area contributed by atoms with E-state index in [0.29, 0.717) is 35.1 Å². The standard InChI is InChI=1S/C30H30N6O3S.ClH/c1-39-25-15-13-22(14-16-25)34-20-21-19-32-29(33-27(21)35(30(34)38)23-9-5-3-6-10-23)36(24-11-7-4-8-12-24)28(37)26(31)17-18-40-2;/h3-16,19,26H,17-18,20,31H2,1-2H3;1H/t26-;/m0./s1. The fourth-order valence-corrected chi connectivity index (χ4v) is 4.97. The Hall–Kier alpha value is -4.12. The lowest BCUT2D eigenvalue weighted by molar-refractivity contribution is -0.119. The number of carbonyl (C=O) groups is 2.